The van der Waals surface area contributed by atoms with Crippen LogP contribution in [-0.4, -0.2) is 18.8 Å². The highest BCUT2D eigenvalue weighted by Gasteiger charge is 2.53. The van der Waals surface area contributed by atoms with Crippen LogP contribution in [0.2, 0.25) is 0 Å². The van der Waals surface area contributed by atoms with E-state index >= 15 is 0 Å². The molecule has 2 rings (SSSR count). The second-order valence-electron chi connectivity index (χ2n) is 4.32. The number of hydrogen-bond acceptors (Lipinski definition) is 2. The minimum absolute atomic E-state index is 0.105. The molecular formula is C12H15FO2. The van der Waals surface area contributed by atoms with Gasteiger partial charge in [0, 0.05) is 17.6 Å². The quantitative estimate of drug-likeness (QED) is 0.827. The first-order chi connectivity index (χ1) is 7.13. The fourth-order valence-corrected chi connectivity index (χ4v) is 2.25. The standard InChI is InChI=1S/C12H15FO2/c1-12(6-8(12)7-14)11-9(13)4-3-5-10(11)15-2/h3-5,8,14H,6-7H2,1-2H3. The molecule has 0 amide bonds. The van der Waals surface area contributed by atoms with E-state index in [-0.39, 0.29) is 23.8 Å². The molecule has 1 aliphatic rings. The Morgan fingerprint density at radius 3 is 2.87 bits per heavy atom. The van der Waals surface area contributed by atoms with Crippen LogP contribution >= 0.6 is 0 Å². The van der Waals surface area contributed by atoms with Crippen molar-refractivity contribution in [2.75, 3.05) is 13.7 Å². The van der Waals surface area contributed by atoms with Gasteiger partial charge in [-0.15, -0.1) is 0 Å². The van der Waals surface area contributed by atoms with Crippen molar-refractivity contribution in [3.05, 3.63) is 29.6 Å². The molecule has 82 valence electrons. The van der Waals surface area contributed by atoms with Gasteiger partial charge in [-0.3, -0.25) is 0 Å². The summed E-state index contributed by atoms with van der Waals surface area (Å²) in [7, 11) is 1.54. The minimum Gasteiger partial charge on any atom is -0.496 e. The van der Waals surface area contributed by atoms with Gasteiger partial charge in [0.25, 0.3) is 0 Å². The van der Waals surface area contributed by atoms with Crippen molar-refractivity contribution in [2.24, 2.45) is 5.92 Å². The molecule has 2 atom stereocenters. The molecule has 1 saturated carbocycles. The molecule has 0 aliphatic heterocycles. The molecule has 2 unspecified atom stereocenters. The lowest BCUT2D eigenvalue weighted by atomic mass is 9.94. The lowest BCUT2D eigenvalue weighted by Crippen LogP contribution is -2.11. The molecule has 1 fully saturated rings. The molecule has 0 saturated heterocycles. The molecule has 0 bridgehead atoms. The smallest absolute Gasteiger partial charge is 0.130 e. The maximum Gasteiger partial charge on any atom is 0.130 e. The van der Waals surface area contributed by atoms with E-state index in [2.05, 4.69) is 0 Å². The first-order valence-corrected chi connectivity index (χ1v) is 5.07. The number of hydrogen-bond donors (Lipinski definition) is 1. The summed E-state index contributed by atoms with van der Waals surface area (Å²) in [5, 5.41) is 9.09. The number of rotatable bonds is 3. The highest BCUT2D eigenvalue weighted by molar-refractivity contribution is 5.44. The third kappa shape index (κ3) is 1.51. The van der Waals surface area contributed by atoms with Gasteiger partial charge in [0.05, 0.1) is 7.11 Å². The molecule has 1 N–H and O–H groups in total. The van der Waals surface area contributed by atoms with Crippen molar-refractivity contribution >= 4 is 0 Å². The molecule has 0 spiro atoms. The maximum atomic E-state index is 13.7. The van der Waals surface area contributed by atoms with Gasteiger partial charge in [-0.25, -0.2) is 4.39 Å². The van der Waals surface area contributed by atoms with E-state index in [4.69, 9.17) is 9.84 Å². The van der Waals surface area contributed by atoms with Crippen LogP contribution in [0.3, 0.4) is 0 Å². The number of aliphatic hydroxyl groups is 1. The zero-order chi connectivity index (χ0) is 11.1. The van der Waals surface area contributed by atoms with Crippen molar-refractivity contribution in [2.45, 2.75) is 18.8 Å². The van der Waals surface area contributed by atoms with E-state index in [1.54, 1.807) is 12.1 Å². The predicted octanol–water partition coefficient (Wildman–Crippen LogP) is 2.10. The van der Waals surface area contributed by atoms with E-state index in [0.29, 0.717) is 11.3 Å². The first kappa shape index (κ1) is 10.4. The average Bonchev–Trinajstić information content (AvgIpc) is 2.90. The summed E-state index contributed by atoms with van der Waals surface area (Å²) in [5.74, 6) is 0.490. The summed E-state index contributed by atoms with van der Waals surface area (Å²) in [6, 6.07) is 4.84. The maximum absolute atomic E-state index is 13.7. The van der Waals surface area contributed by atoms with Gasteiger partial charge in [-0.05, 0) is 24.5 Å². The van der Waals surface area contributed by atoms with Crippen molar-refractivity contribution in [3.8, 4) is 5.75 Å². The van der Waals surface area contributed by atoms with Crippen LogP contribution in [0, 0.1) is 11.7 Å². The van der Waals surface area contributed by atoms with Crippen molar-refractivity contribution in [3.63, 3.8) is 0 Å². The van der Waals surface area contributed by atoms with Crippen LogP contribution in [0.1, 0.15) is 18.9 Å². The summed E-state index contributed by atoms with van der Waals surface area (Å²) < 4.78 is 18.9. The van der Waals surface area contributed by atoms with Gasteiger partial charge in [0.15, 0.2) is 0 Å². The van der Waals surface area contributed by atoms with E-state index in [1.807, 2.05) is 6.92 Å². The van der Waals surface area contributed by atoms with Gasteiger partial charge in [-0.2, -0.15) is 0 Å². The Morgan fingerprint density at radius 2 is 2.33 bits per heavy atom. The number of methoxy groups -OCH3 is 1. The third-order valence-electron chi connectivity index (χ3n) is 3.40. The van der Waals surface area contributed by atoms with Crippen LogP contribution < -0.4 is 4.74 Å². The summed E-state index contributed by atoms with van der Waals surface area (Å²) >= 11 is 0. The average molecular weight is 210 g/mol. The Balaban J connectivity index is 2.44. The van der Waals surface area contributed by atoms with E-state index in [1.165, 1.54) is 13.2 Å². The molecule has 1 aromatic rings. The Kier molecular flexibility index (Phi) is 2.43. The van der Waals surface area contributed by atoms with Gasteiger partial charge in [-0.1, -0.05) is 13.0 Å². The van der Waals surface area contributed by atoms with Crippen LogP contribution in [0.25, 0.3) is 0 Å². The fourth-order valence-electron chi connectivity index (χ4n) is 2.25. The van der Waals surface area contributed by atoms with E-state index in [0.717, 1.165) is 6.42 Å². The summed E-state index contributed by atoms with van der Waals surface area (Å²) in [5.41, 5.74) is 0.345. The monoisotopic (exact) mass is 210 g/mol. The Hall–Kier alpha value is -1.09. The molecular weight excluding hydrogens is 195 g/mol. The lowest BCUT2D eigenvalue weighted by molar-refractivity contribution is 0.264. The molecule has 0 aromatic heterocycles. The third-order valence-corrected chi connectivity index (χ3v) is 3.40. The second kappa shape index (κ2) is 3.49. The predicted molar refractivity (Wildman–Crippen MR) is 55.5 cm³/mol. The van der Waals surface area contributed by atoms with Crippen molar-refractivity contribution < 1.29 is 14.2 Å². The SMILES string of the molecule is COc1cccc(F)c1C1(C)CC1CO. The fraction of sp³-hybridized carbons (Fsp3) is 0.500. The second-order valence-corrected chi connectivity index (χ2v) is 4.32. The topological polar surface area (TPSA) is 29.5 Å². The zero-order valence-corrected chi connectivity index (χ0v) is 8.96. The summed E-state index contributed by atoms with van der Waals surface area (Å²) in [6.45, 7) is 2.07. The lowest BCUT2D eigenvalue weighted by Gasteiger charge is -2.16. The van der Waals surface area contributed by atoms with Crippen LogP contribution in [0.4, 0.5) is 4.39 Å². The molecule has 2 nitrogen and oxygen atoms in total. The Morgan fingerprint density at radius 1 is 1.60 bits per heavy atom. The first-order valence-electron chi connectivity index (χ1n) is 5.07. The number of ether oxygens (including phenoxy) is 1. The van der Waals surface area contributed by atoms with Crippen molar-refractivity contribution in [1.82, 2.24) is 0 Å². The number of halogens is 1. The van der Waals surface area contributed by atoms with Crippen molar-refractivity contribution in [1.29, 1.82) is 0 Å². The van der Waals surface area contributed by atoms with Gasteiger partial charge < -0.3 is 9.84 Å². The molecule has 15 heavy (non-hydrogen) atoms. The number of aliphatic hydroxyl groups excluding tert-OH is 1. The molecule has 0 radical (unpaired) electrons. The summed E-state index contributed by atoms with van der Waals surface area (Å²) in [6.07, 6.45) is 0.820. The number of benzene rings is 1. The van der Waals surface area contributed by atoms with Gasteiger partial charge in [0.2, 0.25) is 0 Å². The molecule has 0 heterocycles. The normalized spacial score (nSPS) is 28.9. The largest absolute Gasteiger partial charge is 0.496 e. The van der Waals surface area contributed by atoms with Crippen LogP contribution in [0.5, 0.6) is 5.75 Å². The highest BCUT2D eigenvalue weighted by atomic mass is 19.1. The van der Waals surface area contributed by atoms with Crippen LogP contribution in [-0.2, 0) is 5.41 Å². The van der Waals surface area contributed by atoms with E-state index < -0.39 is 0 Å². The van der Waals surface area contributed by atoms with Gasteiger partial charge in [0.1, 0.15) is 11.6 Å². The van der Waals surface area contributed by atoms with Gasteiger partial charge >= 0.3 is 0 Å². The summed E-state index contributed by atoms with van der Waals surface area (Å²) in [4.78, 5) is 0. The molecule has 1 aromatic carbocycles. The highest BCUT2D eigenvalue weighted by Crippen LogP contribution is 2.56. The zero-order valence-electron chi connectivity index (χ0n) is 8.96. The Labute approximate surface area is 88.7 Å². The van der Waals surface area contributed by atoms with Crippen LogP contribution in [0.15, 0.2) is 18.2 Å². The van der Waals surface area contributed by atoms with E-state index in [9.17, 15) is 4.39 Å². The minimum atomic E-state index is -0.258. The Bertz CT molecular complexity index is 378. The molecule has 1 aliphatic carbocycles. The molecule has 3 heteroatoms.